The lowest BCUT2D eigenvalue weighted by Gasteiger charge is -2.11. The molecule has 0 aliphatic carbocycles. The summed E-state index contributed by atoms with van der Waals surface area (Å²) >= 11 is 0. The lowest BCUT2D eigenvalue weighted by atomic mass is 10.1. The number of aromatic nitrogens is 4. The van der Waals surface area contributed by atoms with E-state index in [1.54, 1.807) is 0 Å². The first-order valence-electron chi connectivity index (χ1n) is 6.20. The van der Waals surface area contributed by atoms with Gasteiger partial charge in [0.15, 0.2) is 0 Å². The fourth-order valence-electron chi connectivity index (χ4n) is 2.26. The molecular weight excluding hydrogens is 226 g/mol. The topological polar surface area (TPSA) is 61.7 Å². The van der Waals surface area contributed by atoms with Gasteiger partial charge in [-0.15, -0.1) is 0 Å². The van der Waals surface area contributed by atoms with E-state index in [2.05, 4.69) is 21.6 Å². The Morgan fingerprint density at radius 2 is 1.94 bits per heavy atom. The maximum Gasteiger partial charge on any atom is 0.139 e. The largest absolute Gasteiger partial charge is 0.328 e. The second-order valence-corrected chi connectivity index (χ2v) is 4.98. The number of nitrogens with two attached hydrogens (primary N) is 1. The predicted octanol–water partition coefficient (Wildman–Crippen LogP) is 1.42. The Bertz CT molecular complexity index is 562. The van der Waals surface area contributed by atoms with Crippen LogP contribution in [-0.2, 0) is 13.5 Å². The molecule has 18 heavy (non-hydrogen) atoms. The van der Waals surface area contributed by atoms with E-state index >= 15 is 0 Å². The van der Waals surface area contributed by atoms with Gasteiger partial charge in [-0.1, -0.05) is 0 Å². The molecule has 98 valence electrons. The van der Waals surface area contributed by atoms with E-state index in [1.165, 1.54) is 5.56 Å². The number of imidazole rings is 1. The lowest BCUT2D eigenvalue weighted by Crippen LogP contribution is -2.19. The molecule has 5 heteroatoms. The SMILES string of the molecule is Cc1nn(C)c(-n2cnc(C)c2C)c1CC(C)N. The molecule has 2 N–H and O–H groups in total. The molecule has 2 heterocycles. The van der Waals surface area contributed by atoms with Crippen molar-refractivity contribution in [1.82, 2.24) is 19.3 Å². The third kappa shape index (κ3) is 2.06. The Morgan fingerprint density at radius 1 is 1.28 bits per heavy atom. The van der Waals surface area contributed by atoms with Crippen LogP contribution in [0, 0.1) is 20.8 Å². The van der Waals surface area contributed by atoms with Crippen LogP contribution in [0.25, 0.3) is 5.82 Å². The number of nitrogens with zero attached hydrogens (tertiary/aromatic N) is 4. The molecule has 1 unspecified atom stereocenters. The minimum atomic E-state index is 0.122. The molecule has 0 spiro atoms. The van der Waals surface area contributed by atoms with Crippen molar-refractivity contribution in [3.05, 3.63) is 29.0 Å². The molecule has 1 atom stereocenters. The van der Waals surface area contributed by atoms with Gasteiger partial charge in [-0.2, -0.15) is 5.10 Å². The van der Waals surface area contributed by atoms with Crippen molar-refractivity contribution in [1.29, 1.82) is 0 Å². The van der Waals surface area contributed by atoms with Gasteiger partial charge in [0.05, 0.1) is 11.4 Å². The van der Waals surface area contributed by atoms with E-state index in [1.807, 2.05) is 38.8 Å². The van der Waals surface area contributed by atoms with Crippen LogP contribution in [0.3, 0.4) is 0 Å². The molecule has 0 saturated heterocycles. The second-order valence-electron chi connectivity index (χ2n) is 4.98. The zero-order chi connectivity index (χ0) is 13.4. The Morgan fingerprint density at radius 3 is 2.44 bits per heavy atom. The van der Waals surface area contributed by atoms with Crippen LogP contribution < -0.4 is 5.73 Å². The van der Waals surface area contributed by atoms with E-state index in [4.69, 9.17) is 5.73 Å². The molecule has 0 bridgehead atoms. The maximum atomic E-state index is 5.93. The normalized spacial score (nSPS) is 13.0. The van der Waals surface area contributed by atoms with Gasteiger partial charge in [0.2, 0.25) is 0 Å². The fraction of sp³-hybridized carbons (Fsp3) is 0.538. The van der Waals surface area contributed by atoms with Gasteiger partial charge < -0.3 is 5.73 Å². The number of hydrogen-bond donors (Lipinski definition) is 1. The van der Waals surface area contributed by atoms with Gasteiger partial charge in [0, 0.05) is 24.3 Å². The molecule has 2 aromatic rings. The summed E-state index contributed by atoms with van der Waals surface area (Å²) in [7, 11) is 1.96. The zero-order valence-corrected chi connectivity index (χ0v) is 11.7. The minimum absolute atomic E-state index is 0.122. The third-order valence-electron chi connectivity index (χ3n) is 3.32. The summed E-state index contributed by atoms with van der Waals surface area (Å²) < 4.78 is 3.99. The zero-order valence-electron chi connectivity index (χ0n) is 11.7. The van der Waals surface area contributed by atoms with E-state index in [0.717, 1.165) is 29.3 Å². The van der Waals surface area contributed by atoms with E-state index in [-0.39, 0.29) is 6.04 Å². The van der Waals surface area contributed by atoms with Crippen LogP contribution in [0.1, 0.15) is 29.6 Å². The number of rotatable bonds is 3. The monoisotopic (exact) mass is 247 g/mol. The summed E-state index contributed by atoms with van der Waals surface area (Å²) in [4.78, 5) is 4.35. The molecule has 0 aliphatic rings. The van der Waals surface area contributed by atoms with Crippen molar-refractivity contribution >= 4 is 0 Å². The first-order chi connectivity index (χ1) is 8.41. The van der Waals surface area contributed by atoms with Crippen molar-refractivity contribution in [3.63, 3.8) is 0 Å². The summed E-state index contributed by atoms with van der Waals surface area (Å²) in [5, 5.41) is 4.50. The molecule has 0 saturated carbocycles. The van der Waals surface area contributed by atoms with Crippen LogP contribution in [0.4, 0.5) is 0 Å². The maximum absolute atomic E-state index is 5.93. The van der Waals surface area contributed by atoms with Crippen molar-refractivity contribution in [2.45, 2.75) is 40.2 Å². The highest BCUT2D eigenvalue weighted by atomic mass is 15.3. The van der Waals surface area contributed by atoms with Gasteiger partial charge in [-0.25, -0.2) is 4.98 Å². The van der Waals surface area contributed by atoms with E-state index < -0.39 is 0 Å². The summed E-state index contributed by atoms with van der Waals surface area (Å²) in [6.07, 6.45) is 2.68. The highest BCUT2D eigenvalue weighted by Crippen LogP contribution is 2.21. The highest BCUT2D eigenvalue weighted by molar-refractivity contribution is 5.40. The summed E-state index contributed by atoms with van der Waals surface area (Å²) in [5.74, 6) is 1.07. The Balaban J connectivity index is 2.59. The number of hydrogen-bond acceptors (Lipinski definition) is 3. The molecule has 2 aromatic heterocycles. The average molecular weight is 247 g/mol. The third-order valence-corrected chi connectivity index (χ3v) is 3.32. The van der Waals surface area contributed by atoms with Gasteiger partial charge in [0.1, 0.15) is 12.1 Å². The Kier molecular flexibility index (Phi) is 3.26. The Labute approximate surface area is 108 Å². The minimum Gasteiger partial charge on any atom is -0.328 e. The van der Waals surface area contributed by atoms with E-state index in [0.29, 0.717) is 0 Å². The first kappa shape index (κ1) is 12.8. The second kappa shape index (κ2) is 4.57. The van der Waals surface area contributed by atoms with Crippen molar-refractivity contribution in [2.24, 2.45) is 12.8 Å². The van der Waals surface area contributed by atoms with Crippen LogP contribution in [-0.4, -0.2) is 25.4 Å². The molecule has 0 amide bonds. The average Bonchev–Trinajstić information content (AvgIpc) is 2.71. The number of aryl methyl sites for hydroxylation is 3. The Hall–Kier alpha value is -1.62. The molecular formula is C13H21N5. The summed E-state index contributed by atoms with van der Waals surface area (Å²) in [5.41, 5.74) is 10.4. The molecule has 2 rings (SSSR count). The van der Waals surface area contributed by atoms with Gasteiger partial charge in [0.25, 0.3) is 0 Å². The first-order valence-corrected chi connectivity index (χ1v) is 6.20. The van der Waals surface area contributed by atoms with Gasteiger partial charge in [-0.3, -0.25) is 9.25 Å². The van der Waals surface area contributed by atoms with E-state index in [9.17, 15) is 0 Å². The summed E-state index contributed by atoms with van der Waals surface area (Å²) in [6.45, 7) is 8.13. The molecule has 0 radical (unpaired) electrons. The van der Waals surface area contributed by atoms with Crippen LogP contribution >= 0.6 is 0 Å². The molecule has 0 aliphatic heterocycles. The fourth-order valence-corrected chi connectivity index (χ4v) is 2.26. The van der Waals surface area contributed by atoms with Crippen molar-refractivity contribution < 1.29 is 0 Å². The smallest absolute Gasteiger partial charge is 0.139 e. The van der Waals surface area contributed by atoms with Crippen molar-refractivity contribution in [3.8, 4) is 5.82 Å². The standard InChI is InChI=1S/C13H21N5/c1-8(14)6-12-10(3)16-17(5)13(12)18-7-15-9(2)11(18)4/h7-8H,6,14H2,1-5H3. The molecule has 0 aromatic carbocycles. The van der Waals surface area contributed by atoms with Gasteiger partial charge in [-0.05, 0) is 34.1 Å². The summed E-state index contributed by atoms with van der Waals surface area (Å²) in [6, 6.07) is 0.122. The van der Waals surface area contributed by atoms with Gasteiger partial charge >= 0.3 is 0 Å². The van der Waals surface area contributed by atoms with Crippen molar-refractivity contribution in [2.75, 3.05) is 0 Å². The van der Waals surface area contributed by atoms with Crippen LogP contribution in [0.2, 0.25) is 0 Å². The predicted molar refractivity (Wildman–Crippen MR) is 71.9 cm³/mol. The molecule has 0 fully saturated rings. The van der Waals surface area contributed by atoms with Crippen LogP contribution in [0.15, 0.2) is 6.33 Å². The van der Waals surface area contributed by atoms with Crippen LogP contribution in [0.5, 0.6) is 0 Å². The highest BCUT2D eigenvalue weighted by Gasteiger charge is 2.18. The quantitative estimate of drug-likeness (QED) is 0.892. The lowest BCUT2D eigenvalue weighted by molar-refractivity contribution is 0.704. The molecule has 5 nitrogen and oxygen atoms in total.